The summed E-state index contributed by atoms with van der Waals surface area (Å²) in [6, 6.07) is 9.22. The highest BCUT2D eigenvalue weighted by Gasteiger charge is 2.03. The van der Waals surface area contributed by atoms with E-state index >= 15 is 0 Å². The summed E-state index contributed by atoms with van der Waals surface area (Å²) in [5.41, 5.74) is 0.869. The van der Waals surface area contributed by atoms with Gasteiger partial charge in [-0.05, 0) is 43.4 Å². The Hall–Kier alpha value is -2.08. The summed E-state index contributed by atoms with van der Waals surface area (Å²) in [4.78, 5) is 0. The molecule has 0 radical (unpaired) electrons. The van der Waals surface area contributed by atoms with E-state index in [2.05, 4.69) is 15.8 Å². The number of aromatic nitrogens is 1. The number of nitrogens with zero attached hydrogens (tertiary/aromatic N) is 1. The summed E-state index contributed by atoms with van der Waals surface area (Å²) in [6.45, 7) is 1.82. The van der Waals surface area contributed by atoms with Gasteiger partial charge in [-0.2, -0.15) is 0 Å². The molecule has 0 aliphatic carbocycles. The SMILES string of the molecule is COc1ccc(NC(=S)Nc2cc(C)on2)cc1. The minimum atomic E-state index is 0.452. The molecule has 94 valence electrons. The fraction of sp³-hybridized carbons (Fsp3) is 0.167. The van der Waals surface area contributed by atoms with E-state index in [0.29, 0.717) is 10.9 Å². The van der Waals surface area contributed by atoms with E-state index in [1.807, 2.05) is 31.2 Å². The van der Waals surface area contributed by atoms with Crippen LogP contribution in [0.1, 0.15) is 5.76 Å². The zero-order valence-electron chi connectivity index (χ0n) is 10.1. The van der Waals surface area contributed by atoms with Crippen LogP contribution in [0.4, 0.5) is 11.5 Å². The van der Waals surface area contributed by atoms with E-state index in [0.717, 1.165) is 17.2 Å². The van der Waals surface area contributed by atoms with Gasteiger partial charge in [0.2, 0.25) is 0 Å². The number of methoxy groups -OCH3 is 1. The monoisotopic (exact) mass is 263 g/mol. The zero-order valence-corrected chi connectivity index (χ0v) is 10.9. The maximum Gasteiger partial charge on any atom is 0.176 e. The van der Waals surface area contributed by atoms with Crippen molar-refractivity contribution in [1.82, 2.24) is 5.16 Å². The second kappa shape index (κ2) is 5.50. The van der Waals surface area contributed by atoms with Crippen molar-refractivity contribution >= 4 is 28.8 Å². The van der Waals surface area contributed by atoms with Gasteiger partial charge in [0, 0.05) is 11.8 Å². The van der Waals surface area contributed by atoms with Crippen molar-refractivity contribution < 1.29 is 9.26 Å². The Bertz CT molecular complexity index is 537. The lowest BCUT2D eigenvalue weighted by molar-refractivity contribution is 0.400. The number of nitrogens with one attached hydrogen (secondary N) is 2. The standard InChI is InChI=1S/C12H13N3O2S/c1-8-7-11(15-17-8)14-12(18)13-9-3-5-10(16-2)6-4-9/h3-7H,1-2H3,(H2,13,14,15,18). The van der Waals surface area contributed by atoms with E-state index in [-0.39, 0.29) is 0 Å². The Morgan fingerprint density at radius 2 is 2.00 bits per heavy atom. The molecule has 0 aliphatic rings. The van der Waals surface area contributed by atoms with Crippen LogP contribution in [0.25, 0.3) is 0 Å². The Balaban J connectivity index is 1.94. The molecule has 0 saturated carbocycles. The fourth-order valence-corrected chi connectivity index (χ4v) is 1.60. The first-order chi connectivity index (χ1) is 8.67. The van der Waals surface area contributed by atoms with Crippen LogP contribution in [0, 0.1) is 6.92 Å². The molecule has 0 fully saturated rings. The fourth-order valence-electron chi connectivity index (χ4n) is 1.38. The summed E-state index contributed by atoms with van der Waals surface area (Å²) in [6.07, 6.45) is 0. The number of ether oxygens (including phenoxy) is 1. The first-order valence-corrected chi connectivity index (χ1v) is 5.73. The lowest BCUT2D eigenvalue weighted by Crippen LogP contribution is -2.19. The molecular formula is C12H13N3O2S. The highest BCUT2D eigenvalue weighted by molar-refractivity contribution is 7.80. The van der Waals surface area contributed by atoms with Crippen LogP contribution in [-0.4, -0.2) is 17.4 Å². The van der Waals surface area contributed by atoms with E-state index in [9.17, 15) is 0 Å². The third-order valence-corrected chi connectivity index (χ3v) is 2.42. The molecule has 0 spiro atoms. The maximum atomic E-state index is 5.15. The predicted octanol–water partition coefficient (Wildman–Crippen LogP) is 2.80. The summed E-state index contributed by atoms with van der Waals surface area (Å²) < 4.78 is 10.0. The van der Waals surface area contributed by atoms with Crippen molar-refractivity contribution in [2.45, 2.75) is 6.92 Å². The second-order valence-electron chi connectivity index (χ2n) is 3.63. The van der Waals surface area contributed by atoms with E-state index in [4.69, 9.17) is 21.5 Å². The quantitative estimate of drug-likeness (QED) is 0.830. The van der Waals surface area contributed by atoms with E-state index in [1.165, 1.54) is 0 Å². The number of aryl methyl sites for hydroxylation is 1. The topological polar surface area (TPSA) is 59.3 Å². The molecule has 0 bridgehead atoms. The molecule has 0 aliphatic heterocycles. The van der Waals surface area contributed by atoms with Gasteiger partial charge in [-0.15, -0.1) is 0 Å². The molecule has 18 heavy (non-hydrogen) atoms. The second-order valence-corrected chi connectivity index (χ2v) is 4.04. The number of hydrogen-bond donors (Lipinski definition) is 2. The van der Waals surface area contributed by atoms with Crippen LogP contribution in [0.15, 0.2) is 34.9 Å². The molecule has 1 aromatic heterocycles. The number of thiocarbonyl (C=S) groups is 1. The average Bonchev–Trinajstić information content (AvgIpc) is 2.75. The number of benzene rings is 1. The molecule has 2 rings (SSSR count). The highest BCUT2D eigenvalue weighted by Crippen LogP contribution is 2.15. The van der Waals surface area contributed by atoms with Gasteiger partial charge in [0.05, 0.1) is 7.11 Å². The van der Waals surface area contributed by atoms with Gasteiger partial charge in [0.15, 0.2) is 10.9 Å². The lowest BCUT2D eigenvalue weighted by atomic mass is 10.3. The predicted molar refractivity (Wildman–Crippen MR) is 74.1 cm³/mol. The molecule has 0 saturated heterocycles. The van der Waals surface area contributed by atoms with Gasteiger partial charge in [0.1, 0.15) is 11.5 Å². The molecule has 0 atom stereocenters. The third kappa shape index (κ3) is 3.21. The molecule has 2 aromatic rings. The minimum absolute atomic E-state index is 0.452. The zero-order chi connectivity index (χ0) is 13.0. The molecule has 1 aromatic carbocycles. The first kappa shape index (κ1) is 12.4. The maximum absolute atomic E-state index is 5.15. The van der Waals surface area contributed by atoms with E-state index in [1.54, 1.807) is 13.2 Å². The van der Waals surface area contributed by atoms with Crippen LogP contribution < -0.4 is 15.4 Å². The van der Waals surface area contributed by atoms with Gasteiger partial charge in [-0.1, -0.05) is 5.16 Å². The van der Waals surface area contributed by atoms with Gasteiger partial charge in [-0.25, -0.2) is 0 Å². The highest BCUT2D eigenvalue weighted by atomic mass is 32.1. The van der Waals surface area contributed by atoms with Crippen molar-refractivity contribution in [3.63, 3.8) is 0 Å². The van der Waals surface area contributed by atoms with E-state index < -0.39 is 0 Å². The number of anilines is 2. The van der Waals surface area contributed by atoms with Gasteiger partial charge in [0.25, 0.3) is 0 Å². The van der Waals surface area contributed by atoms with Gasteiger partial charge >= 0.3 is 0 Å². The number of rotatable bonds is 3. The van der Waals surface area contributed by atoms with Crippen LogP contribution in [-0.2, 0) is 0 Å². The molecule has 6 heteroatoms. The molecule has 5 nitrogen and oxygen atoms in total. The lowest BCUT2D eigenvalue weighted by Gasteiger charge is -2.08. The Kier molecular flexibility index (Phi) is 3.78. The van der Waals surface area contributed by atoms with Crippen molar-refractivity contribution in [3.8, 4) is 5.75 Å². The molecule has 1 heterocycles. The Morgan fingerprint density at radius 1 is 1.28 bits per heavy atom. The van der Waals surface area contributed by atoms with Crippen molar-refractivity contribution in [2.24, 2.45) is 0 Å². The normalized spacial score (nSPS) is 9.89. The van der Waals surface area contributed by atoms with Crippen LogP contribution in [0.2, 0.25) is 0 Å². The summed E-state index contributed by atoms with van der Waals surface area (Å²) in [7, 11) is 1.63. The molecule has 2 N–H and O–H groups in total. The largest absolute Gasteiger partial charge is 0.497 e. The van der Waals surface area contributed by atoms with Gasteiger partial charge in [-0.3, -0.25) is 0 Å². The smallest absolute Gasteiger partial charge is 0.176 e. The molecule has 0 unspecified atom stereocenters. The van der Waals surface area contributed by atoms with Crippen molar-refractivity contribution in [1.29, 1.82) is 0 Å². The minimum Gasteiger partial charge on any atom is -0.497 e. The van der Waals surface area contributed by atoms with Crippen LogP contribution in [0.3, 0.4) is 0 Å². The summed E-state index contributed by atoms with van der Waals surface area (Å²) in [5.74, 6) is 2.11. The average molecular weight is 263 g/mol. The van der Waals surface area contributed by atoms with Crippen molar-refractivity contribution in [2.75, 3.05) is 17.7 Å². The Labute approximate surface area is 110 Å². The van der Waals surface area contributed by atoms with Gasteiger partial charge < -0.3 is 19.9 Å². The Morgan fingerprint density at radius 3 is 2.56 bits per heavy atom. The van der Waals surface area contributed by atoms with Crippen LogP contribution in [0.5, 0.6) is 5.75 Å². The number of hydrogen-bond acceptors (Lipinski definition) is 4. The summed E-state index contributed by atoms with van der Waals surface area (Å²) >= 11 is 5.15. The first-order valence-electron chi connectivity index (χ1n) is 5.33. The summed E-state index contributed by atoms with van der Waals surface area (Å²) in [5, 5.41) is 10.2. The van der Waals surface area contributed by atoms with Crippen LogP contribution >= 0.6 is 12.2 Å². The van der Waals surface area contributed by atoms with Crippen molar-refractivity contribution in [3.05, 3.63) is 36.1 Å². The molecular weight excluding hydrogens is 250 g/mol. The third-order valence-electron chi connectivity index (χ3n) is 2.22. The molecule has 0 amide bonds.